The molecule has 0 amide bonds. The molecule has 1 aromatic carbocycles. The maximum atomic E-state index is 5.70. The summed E-state index contributed by atoms with van der Waals surface area (Å²) in [5.74, 6) is 0. The highest BCUT2D eigenvalue weighted by atomic mass is 32.1. The zero-order valence-corrected chi connectivity index (χ0v) is 10.9. The molecule has 0 radical (unpaired) electrons. The molecule has 17 heavy (non-hydrogen) atoms. The summed E-state index contributed by atoms with van der Waals surface area (Å²) in [6.45, 7) is 4.20. The largest absolute Gasteiger partial charge is 0.375 e. The summed E-state index contributed by atoms with van der Waals surface area (Å²) in [7, 11) is 0. The van der Waals surface area contributed by atoms with E-state index in [4.69, 9.17) is 5.73 Å². The number of rotatable bonds is 2. The molecule has 0 aliphatic rings. The van der Waals surface area contributed by atoms with Gasteiger partial charge in [-0.15, -0.1) is 11.3 Å². The van der Waals surface area contributed by atoms with Crippen LogP contribution in [0.2, 0.25) is 0 Å². The molecule has 2 nitrogen and oxygen atoms in total. The fraction of sp³-hybridized carbons (Fsp3) is 0.214. The molecule has 0 aliphatic heterocycles. The van der Waals surface area contributed by atoms with Crippen molar-refractivity contribution in [3.05, 3.63) is 34.0 Å². The Morgan fingerprint density at radius 3 is 2.82 bits per heavy atom. The SMILES string of the molecule is C/C=c1/cccc(-c2csc(N)n2)/c1=C/CC. The van der Waals surface area contributed by atoms with E-state index < -0.39 is 0 Å². The van der Waals surface area contributed by atoms with Gasteiger partial charge < -0.3 is 5.73 Å². The molecule has 0 fully saturated rings. The molecule has 2 N–H and O–H groups in total. The summed E-state index contributed by atoms with van der Waals surface area (Å²) >= 11 is 1.48. The van der Waals surface area contributed by atoms with E-state index >= 15 is 0 Å². The van der Waals surface area contributed by atoms with Crippen LogP contribution in [-0.4, -0.2) is 4.98 Å². The smallest absolute Gasteiger partial charge is 0.180 e. The molecule has 1 heterocycles. The minimum atomic E-state index is 0.619. The van der Waals surface area contributed by atoms with Crippen LogP contribution in [0.4, 0.5) is 5.13 Å². The van der Waals surface area contributed by atoms with E-state index in [0.717, 1.165) is 17.7 Å². The Morgan fingerprint density at radius 1 is 1.41 bits per heavy atom. The summed E-state index contributed by atoms with van der Waals surface area (Å²) in [6, 6.07) is 6.29. The molecule has 2 rings (SSSR count). The van der Waals surface area contributed by atoms with Crippen molar-refractivity contribution < 1.29 is 0 Å². The Hall–Kier alpha value is -1.61. The molecule has 0 saturated carbocycles. The number of nitrogens with zero attached hydrogens (tertiary/aromatic N) is 1. The molecule has 2 aromatic rings. The third-order valence-corrected chi connectivity index (χ3v) is 3.33. The molecule has 0 bridgehead atoms. The molecule has 0 unspecified atom stereocenters. The highest BCUT2D eigenvalue weighted by Crippen LogP contribution is 2.19. The van der Waals surface area contributed by atoms with Crippen LogP contribution in [0, 0.1) is 0 Å². The third kappa shape index (κ3) is 2.39. The predicted octanol–water partition coefficient (Wildman–Crippen LogP) is 2.38. The van der Waals surface area contributed by atoms with Crippen molar-refractivity contribution in [2.24, 2.45) is 0 Å². The second-order valence-electron chi connectivity index (χ2n) is 3.78. The Balaban J connectivity index is 2.75. The van der Waals surface area contributed by atoms with Gasteiger partial charge in [0, 0.05) is 10.9 Å². The van der Waals surface area contributed by atoms with E-state index in [1.165, 1.54) is 21.8 Å². The lowest BCUT2D eigenvalue weighted by molar-refractivity contribution is 1.27. The van der Waals surface area contributed by atoms with Crippen LogP contribution in [0.5, 0.6) is 0 Å². The van der Waals surface area contributed by atoms with Crippen molar-refractivity contribution in [3.63, 3.8) is 0 Å². The van der Waals surface area contributed by atoms with Gasteiger partial charge in [0.2, 0.25) is 0 Å². The number of anilines is 1. The Labute approximate surface area is 105 Å². The predicted molar refractivity (Wildman–Crippen MR) is 76.1 cm³/mol. The first-order valence-corrected chi connectivity index (χ1v) is 6.61. The summed E-state index contributed by atoms with van der Waals surface area (Å²) in [6.07, 6.45) is 5.37. The van der Waals surface area contributed by atoms with E-state index in [9.17, 15) is 0 Å². The van der Waals surface area contributed by atoms with Crippen molar-refractivity contribution in [1.82, 2.24) is 4.98 Å². The van der Waals surface area contributed by atoms with Gasteiger partial charge in [0.1, 0.15) is 0 Å². The molecule has 0 atom stereocenters. The van der Waals surface area contributed by atoms with Crippen molar-refractivity contribution in [2.45, 2.75) is 20.3 Å². The van der Waals surface area contributed by atoms with Gasteiger partial charge in [-0.1, -0.05) is 37.3 Å². The number of hydrogen-bond acceptors (Lipinski definition) is 3. The summed E-state index contributed by atoms with van der Waals surface area (Å²) in [5, 5.41) is 5.13. The van der Waals surface area contributed by atoms with Crippen LogP contribution in [0.1, 0.15) is 20.3 Å². The lowest BCUT2D eigenvalue weighted by Crippen LogP contribution is -2.26. The lowest BCUT2D eigenvalue weighted by atomic mass is 10.1. The summed E-state index contributed by atoms with van der Waals surface area (Å²) < 4.78 is 0. The molecule has 0 spiro atoms. The van der Waals surface area contributed by atoms with E-state index in [1.54, 1.807) is 0 Å². The second-order valence-corrected chi connectivity index (χ2v) is 4.67. The first-order valence-electron chi connectivity index (χ1n) is 5.73. The van der Waals surface area contributed by atoms with Crippen molar-refractivity contribution in [3.8, 4) is 11.3 Å². The topological polar surface area (TPSA) is 38.9 Å². The Morgan fingerprint density at radius 2 is 2.24 bits per heavy atom. The number of aromatic nitrogens is 1. The van der Waals surface area contributed by atoms with Crippen molar-refractivity contribution >= 4 is 28.6 Å². The van der Waals surface area contributed by atoms with Crippen LogP contribution < -0.4 is 16.2 Å². The molecule has 0 saturated heterocycles. The molecule has 88 valence electrons. The maximum absolute atomic E-state index is 5.70. The number of benzene rings is 1. The normalized spacial score (nSPS) is 13.3. The van der Waals surface area contributed by atoms with Crippen molar-refractivity contribution in [1.29, 1.82) is 0 Å². The lowest BCUT2D eigenvalue weighted by Gasteiger charge is -2.00. The number of nitrogens with two attached hydrogens (primary N) is 1. The Bertz CT molecular complexity index is 626. The van der Waals surface area contributed by atoms with Gasteiger partial charge in [-0.3, -0.25) is 0 Å². The van der Waals surface area contributed by atoms with Gasteiger partial charge in [-0.2, -0.15) is 0 Å². The fourth-order valence-corrected chi connectivity index (χ4v) is 2.46. The van der Waals surface area contributed by atoms with Gasteiger partial charge in [-0.25, -0.2) is 4.98 Å². The first-order chi connectivity index (χ1) is 8.26. The fourth-order valence-electron chi connectivity index (χ4n) is 1.90. The van der Waals surface area contributed by atoms with Crippen LogP contribution in [0.25, 0.3) is 23.4 Å². The van der Waals surface area contributed by atoms with Gasteiger partial charge in [0.05, 0.1) is 5.69 Å². The van der Waals surface area contributed by atoms with Gasteiger partial charge in [0.25, 0.3) is 0 Å². The summed E-state index contributed by atoms with van der Waals surface area (Å²) in [5.41, 5.74) is 7.83. The highest BCUT2D eigenvalue weighted by Gasteiger charge is 2.04. The van der Waals surface area contributed by atoms with Gasteiger partial charge in [-0.05, 0) is 23.8 Å². The summed E-state index contributed by atoms with van der Waals surface area (Å²) in [4.78, 5) is 4.36. The highest BCUT2D eigenvalue weighted by molar-refractivity contribution is 7.13. The zero-order chi connectivity index (χ0) is 12.3. The van der Waals surface area contributed by atoms with Gasteiger partial charge in [0.15, 0.2) is 5.13 Å². The minimum Gasteiger partial charge on any atom is -0.375 e. The van der Waals surface area contributed by atoms with Crippen LogP contribution >= 0.6 is 11.3 Å². The standard InChI is InChI=1S/C14H16N2S/c1-3-6-11-10(4-2)7-5-8-12(11)13-9-17-14(15)16-13/h4-9H,3H2,1-2H3,(H2,15,16)/b10-4-,11-6+. The molecular formula is C14H16N2S. The maximum Gasteiger partial charge on any atom is 0.180 e. The van der Waals surface area contributed by atoms with E-state index in [1.807, 2.05) is 5.38 Å². The quantitative estimate of drug-likeness (QED) is 0.881. The van der Waals surface area contributed by atoms with E-state index in [-0.39, 0.29) is 0 Å². The molecular weight excluding hydrogens is 228 g/mol. The molecule has 0 aliphatic carbocycles. The van der Waals surface area contributed by atoms with Crippen LogP contribution in [-0.2, 0) is 0 Å². The number of nitrogen functional groups attached to an aromatic ring is 1. The van der Waals surface area contributed by atoms with Crippen LogP contribution in [0.3, 0.4) is 0 Å². The number of thiazole rings is 1. The zero-order valence-electron chi connectivity index (χ0n) is 10.1. The number of hydrogen-bond donors (Lipinski definition) is 1. The average Bonchev–Trinajstić information content (AvgIpc) is 2.76. The monoisotopic (exact) mass is 244 g/mol. The molecule has 1 aromatic heterocycles. The third-order valence-electron chi connectivity index (χ3n) is 2.66. The van der Waals surface area contributed by atoms with Crippen LogP contribution in [0.15, 0.2) is 23.6 Å². The van der Waals surface area contributed by atoms with E-state index in [0.29, 0.717) is 5.13 Å². The van der Waals surface area contributed by atoms with E-state index in [2.05, 4.69) is 49.2 Å². The minimum absolute atomic E-state index is 0.619. The second kappa shape index (κ2) is 5.15. The van der Waals surface area contributed by atoms with Crippen molar-refractivity contribution in [2.75, 3.05) is 5.73 Å². The first kappa shape index (κ1) is 11.9. The average molecular weight is 244 g/mol. The molecule has 3 heteroatoms. The Kier molecular flexibility index (Phi) is 3.59. The van der Waals surface area contributed by atoms with Gasteiger partial charge >= 0.3 is 0 Å².